The Morgan fingerprint density at radius 3 is 2.82 bits per heavy atom. The Morgan fingerprint density at radius 1 is 1.39 bits per heavy atom. The molecule has 1 aromatic rings. The summed E-state index contributed by atoms with van der Waals surface area (Å²) < 4.78 is 4.99. The van der Waals surface area contributed by atoms with E-state index in [0.717, 1.165) is 35.5 Å². The van der Waals surface area contributed by atoms with Gasteiger partial charge in [0, 0.05) is 0 Å². The maximum absolute atomic E-state index is 12.9. The zero-order chi connectivity index (χ0) is 20.5. The minimum Gasteiger partial charge on any atom is -0.462 e. The molecule has 2 N–H and O–H groups in total. The van der Waals surface area contributed by atoms with Crippen molar-refractivity contribution in [2.24, 2.45) is 5.92 Å². The van der Waals surface area contributed by atoms with Gasteiger partial charge in [0.15, 0.2) is 0 Å². The summed E-state index contributed by atoms with van der Waals surface area (Å²) in [6, 6.07) is 1.15. The third-order valence-corrected chi connectivity index (χ3v) is 6.58. The number of anilines is 1. The molecule has 2 unspecified atom stereocenters. The number of nitrogens with zero attached hydrogens (tertiary/aromatic N) is 1. The number of amides is 4. The molecule has 8 nitrogen and oxygen atoms in total. The van der Waals surface area contributed by atoms with Crippen molar-refractivity contribution in [3.05, 3.63) is 16.5 Å². The first-order valence-electron chi connectivity index (χ1n) is 9.50. The summed E-state index contributed by atoms with van der Waals surface area (Å²) >= 11 is 1.11. The third kappa shape index (κ3) is 3.63. The Morgan fingerprint density at radius 2 is 2.14 bits per heavy atom. The Balaban J connectivity index is 1.67. The van der Waals surface area contributed by atoms with Gasteiger partial charge in [0.25, 0.3) is 5.91 Å². The van der Waals surface area contributed by atoms with Gasteiger partial charge in [-0.1, -0.05) is 19.8 Å². The normalized spacial score (nSPS) is 24.4. The largest absolute Gasteiger partial charge is 0.462 e. The fraction of sp³-hybridized carbons (Fsp3) is 0.579. The van der Waals surface area contributed by atoms with Crippen LogP contribution in [-0.4, -0.2) is 47.4 Å². The highest BCUT2D eigenvalue weighted by Crippen LogP contribution is 2.38. The Hall–Kier alpha value is -2.42. The lowest BCUT2D eigenvalue weighted by Gasteiger charge is -2.36. The van der Waals surface area contributed by atoms with Crippen molar-refractivity contribution in [3.8, 4) is 0 Å². The number of carbonyl (C=O) groups is 4. The summed E-state index contributed by atoms with van der Waals surface area (Å²) in [5.74, 6) is -1.21. The molecule has 0 radical (unpaired) electrons. The van der Waals surface area contributed by atoms with Crippen LogP contribution in [0.15, 0.2) is 6.07 Å². The van der Waals surface area contributed by atoms with Crippen LogP contribution in [0.3, 0.4) is 0 Å². The van der Waals surface area contributed by atoms with Crippen LogP contribution in [0.5, 0.6) is 0 Å². The molecule has 1 aliphatic heterocycles. The van der Waals surface area contributed by atoms with Crippen LogP contribution in [0.1, 0.15) is 54.8 Å². The van der Waals surface area contributed by atoms with Gasteiger partial charge in [-0.15, -0.1) is 11.3 Å². The minimum atomic E-state index is -0.883. The zero-order valence-corrected chi connectivity index (χ0v) is 17.1. The van der Waals surface area contributed by atoms with Gasteiger partial charge in [-0.3, -0.25) is 14.5 Å². The van der Waals surface area contributed by atoms with E-state index in [1.54, 1.807) is 19.9 Å². The lowest BCUT2D eigenvalue weighted by Crippen LogP contribution is -2.54. The van der Waals surface area contributed by atoms with E-state index in [9.17, 15) is 19.2 Å². The fourth-order valence-electron chi connectivity index (χ4n) is 3.90. The molecule has 1 saturated carbocycles. The third-order valence-electron chi connectivity index (χ3n) is 5.44. The molecule has 1 aromatic heterocycles. The molecular weight excluding hydrogens is 382 g/mol. The highest BCUT2D eigenvalue weighted by molar-refractivity contribution is 7.18. The van der Waals surface area contributed by atoms with Crippen molar-refractivity contribution < 1.29 is 23.9 Å². The van der Waals surface area contributed by atoms with E-state index in [2.05, 4.69) is 10.6 Å². The van der Waals surface area contributed by atoms with E-state index >= 15 is 0 Å². The molecule has 2 aliphatic rings. The highest BCUT2D eigenvalue weighted by atomic mass is 32.1. The molecule has 152 valence electrons. The van der Waals surface area contributed by atoms with Gasteiger partial charge < -0.3 is 15.4 Å². The van der Waals surface area contributed by atoms with Crippen LogP contribution in [0.25, 0.3) is 0 Å². The maximum atomic E-state index is 12.9. The van der Waals surface area contributed by atoms with Crippen LogP contribution < -0.4 is 10.6 Å². The molecule has 28 heavy (non-hydrogen) atoms. The van der Waals surface area contributed by atoms with Gasteiger partial charge in [0.05, 0.1) is 11.6 Å². The summed E-state index contributed by atoms with van der Waals surface area (Å²) in [5.41, 5.74) is -0.185. The second-order valence-corrected chi connectivity index (χ2v) is 8.38. The van der Waals surface area contributed by atoms with Crippen molar-refractivity contribution in [1.29, 1.82) is 0 Å². The first kappa shape index (κ1) is 20.3. The average molecular weight is 407 g/mol. The van der Waals surface area contributed by atoms with E-state index in [-0.39, 0.29) is 25.0 Å². The Labute approximate surface area is 167 Å². The molecule has 0 aromatic carbocycles. The van der Waals surface area contributed by atoms with Crippen LogP contribution in [-0.2, 0) is 14.3 Å². The standard InChI is InChI=1S/C19H25N3O5S/c1-4-27-16(24)15-11(2)9-14(28-15)20-13(23)10-22-17(25)19(21-18(22)26)8-6-5-7-12(19)3/h9,12H,4-8,10H2,1-3H3,(H,20,23)(H,21,26). The van der Waals surface area contributed by atoms with E-state index in [0.29, 0.717) is 21.9 Å². The van der Waals surface area contributed by atoms with Crippen LogP contribution in [0.4, 0.5) is 9.80 Å². The second-order valence-electron chi connectivity index (χ2n) is 7.33. The smallest absolute Gasteiger partial charge is 0.348 e. The van der Waals surface area contributed by atoms with Gasteiger partial charge in [-0.25, -0.2) is 9.59 Å². The number of imide groups is 1. The van der Waals surface area contributed by atoms with Gasteiger partial charge in [0.1, 0.15) is 17.0 Å². The molecule has 9 heteroatoms. The highest BCUT2D eigenvalue weighted by Gasteiger charge is 2.55. The first-order valence-corrected chi connectivity index (χ1v) is 10.3. The van der Waals surface area contributed by atoms with Crippen molar-refractivity contribution in [2.75, 3.05) is 18.5 Å². The van der Waals surface area contributed by atoms with E-state index in [1.165, 1.54) is 0 Å². The molecule has 4 amide bonds. The predicted molar refractivity (Wildman–Crippen MR) is 104 cm³/mol. The lowest BCUT2D eigenvalue weighted by atomic mass is 9.73. The fourth-order valence-corrected chi connectivity index (χ4v) is 4.89. The van der Waals surface area contributed by atoms with Crippen molar-refractivity contribution in [1.82, 2.24) is 10.2 Å². The van der Waals surface area contributed by atoms with E-state index < -0.39 is 23.4 Å². The first-order chi connectivity index (χ1) is 13.3. The number of aryl methyl sites for hydroxylation is 1. The predicted octanol–water partition coefficient (Wildman–Crippen LogP) is 2.67. The topological polar surface area (TPSA) is 105 Å². The number of esters is 1. The molecule has 1 saturated heterocycles. The summed E-state index contributed by atoms with van der Waals surface area (Å²) in [6.07, 6.45) is 3.38. The summed E-state index contributed by atoms with van der Waals surface area (Å²) in [7, 11) is 0. The Kier molecular flexibility index (Phi) is 5.74. The van der Waals surface area contributed by atoms with Gasteiger partial charge >= 0.3 is 12.0 Å². The average Bonchev–Trinajstić information content (AvgIpc) is 3.11. The number of thiophene rings is 1. The zero-order valence-electron chi connectivity index (χ0n) is 16.3. The number of nitrogens with one attached hydrogen (secondary N) is 2. The second kappa shape index (κ2) is 7.90. The molecule has 1 spiro atoms. The maximum Gasteiger partial charge on any atom is 0.348 e. The number of carbonyl (C=O) groups excluding carboxylic acids is 4. The summed E-state index contributed by atoms with van der Waals surface area (Å²) in [6.45, 7) is 5.35. The van der Waals surface area contributed by atoms with Crippen LogP contribution in [0.2, 0.25) is 0 Å². The number of rotatable bonds is 5. The SMILES string of the molecule is CCOC(=O)c1sc(NC(=O)CN2C(=O)NC3(CCCCC3C)C2=O)cc1C. The van der Waals surface area contributed by atoms with Crippen LogP contribution in [0, 0.1) is 12.8 Å². The number of urea groups is 1. The monoisotopic (exact) mass is 407 g/mol. The molecule has 1 aliphatic carbocycles. The quantitative estimate of drug-likeness (QED) is 0.577. The Bertz CT molecular complexity index is 820. The van der Waals surface area contributed by atoms with Gasteiger partial charge in [0.2, 0.25) is 5.91 Å². The van der Waals surface area contributed by atoms with Gasteiger partial charge in [-0.05, 0) is 44.2 Å². The number of hydrogen-bond donors (Lipinski definition) is 2. The van der Waals surface area contributed by atoms with Crippen LogP contribution >= 0.6 is 11.3 Å². The van der Waals surface area contributed by atoms with Crippen molar-refractivity contribution in [3.63, 3.8) is 0 Å². The molecule has 2 fully saturated rings. The minimum absolute atomic E-state index is 0.0397. The molecule has 2 atom stereocenters. The molecule has 2 heterocycles. The van der Waals surface area contributed by atoms with Crippen molar-refractivity contribution in [2.45, 2.75) is 52.0 Å². The summed E-state index contributed by atoms with van der Waals surface area (Å²) in [5, 5.41) is 5.97. The van der Waals surface area contributed by atoms with E-state index in [1.807, 2.05) is 6.92 Å². The lowest BCUT2D eigenvalue weighted by molar-refractivity contribution is -0.136. The van der Waals surface area contributed by atoms with E-state index in [4.69, 9.17) is 4.74 Å². The van der Waals surface area contributed by atoms with Crippen molar-refractivity contribution >= 4 is 40.2 Å². The molecular formula is C19H25N3O5S. The molecule has 0 bridgehead atoms. The number of ether oxygens (including phenoxy) is 1. The molecule has 3 rings (SSSR count). The number of hydrogen-bond acceptors (Lipinski definition) is 6. The summed E-state index contributed by atoms with van der Waals surface area (Å²) in [4.78, 5) is 51.0. The van der Waals surface area contributed by atoms with Gasteiger partial charge in [-0.2, -0.15) is 0 Å².